The van der Waals surface area contributed by atoms with Crippen molar-refractivity contribution in [1.82, 2.24) is 19.7 Å². The number of rotatable bonds is 5. The monoisotopic (exact) mass is 383 g/mol. The Labute approximate surface area is 158 Å². The lowest BCUT2D eigenvalue weighted by Gasteiger charge is -2.14. The summed E-state index contributed by atoms with van der Waals surface area (Å²) in [6.45, 7) is 1.88. The maximum Gasteiger partial charge on any atom is 0.326 e. The van der Waals surface area contributed by atoms with Crippen LogP contribution in [0, 0.1) is 0 Å². The number of hydrogen-bond donors (Lipinski definition) is 2. The van der Waals surface area contributed by atoms with Crippen LogP contribution in [0.2, 0.25) is 0 Å². The second kappa shape index (κ2) is 6.92. The molecule has 0 saturated heterocycles. The highest BCUT2D eigenvalue weighted by atomic mass is 32.1. The largest absolute Gasteiger partial charge is 0.480 e. The zero-order chi connectivity index (χ0) is 19.0. The molecule has 0 radical (unpaired) electrons. The van der Waals surface area contributed by atoms with Crippen LogP contribution in [-0.2, 0) is 11.2 Å². The molecule has 0 unspecified atom stereocenters. The summed E-state index contributed by atoms with van der Waals surface area (Å²) in [6.07, 6.45) is 2.33. The van der Waals surface area contributed by atoms with Gasteiger partial charge in [-0.1, -0.05) is 41.7 Å². The van der Waals surface area contributed by atoms with Crippen molar-refractivity contribution in [2.45, 2.75) is 31.8 Å². The summed E-state index contributed by atoms with van der Waals surface area (Å²) in [5, 5.41) is 22.4. The Kier molecular flexibility index (Phi) is 4.44. The first-order valence-corrected chi connectivity index (χ1v) is 9.35. The van der Waals surface area contributed by atoms with Crippen LogP contribution >= 0.6 is 11.3 Å². The standard InChI is InChI=1S/C18H17N5O3S/c1-10(15-21-22-16(27-15)11-5-3-2-4-6-11)20-12-9-19-14-8-7-13(18(25)26)23(14)17(12)24/h2-6,9-10,13,20H,7-8H2,1H3,(H,25,26)/t10-,13-/m0/s1. The maximum atomic E-state index is 12.7. The molecule has 2 aromatic heterocycles. The quantitative estimate of drug-likeness (QED) is 0.696. The molecule has 0 saturated carbocycles. The molecule has 3 heterocycles. The van der Waals surface area contributed by atoms with Crippen LogP contribution in [0.4, 0.5) is 5.69 Å². The molecule has 27 heavy (non-hydrogen) atoms. The first-order chi connectivity index (χ1) is 13.0. The Morgan fingerprint density at radius 3 is 2.85 bits per heavy atom. The average molecular weight is 383 g/mol. The van der Waals surface area contributed by atoms with Gasteiger partial charge in [-0.2, -0.15) is 0 Å². The molecule has 1 aliphatic heterocycles. The molecule has 8 nitrogen and oxygen atoms in total. The zero-order valence-corrected chi connectivity index (χ0v) is 15.3. The van der Waals surface area contributed by atoms with Crippen LogP contribution in [0.1, 0.15) is 36.3 Å². The molecule has 9 heteroatoms. The maximum absolute atomic E-state index is 12.7. The van der Waals surface area contributed by atoms with Crippen molar-refractivity contribution in [1.29, 1.82) is 0 Å². The molecule has 0 aliphatic carbocycles. The highest BCUT2D eigenvalue weighted by molar-refractivity contribution is 7.14. The first kappa shape index (κ1) is 17.3. The van der Waals surface area contributed by atoms with E-state index in [4.69, 9.17) is 0 Å². The van der Waals surface area contributed by atoms with Crippen molar-refractivity contribution in [2.75, 3.05) is 5.32 Å². The van der Waals surface area contributed by atoms with Gasteiger partial charge in [-0.25, -0.2) is 9.78 Å². The smallest absolute Gasteiger partial charge is 0.326 e. The van der Waals surface area contributed by atoms with E-state index in [1.807, 2.05) is 37.3 Å². The van der Waals surface area contributed by atoms with Crippen LogP contribution in [0.5, 0.6) is 0 Å². The molecule has 0 bridgehead atoms. The van der Waals surface area contributed by atoms with E-state index in [1.165, 1.54) is 22.1 Å². The summed E-state index contributed by atoms with van der Waals surface area (Å²) in [5.74, 6) is -0.507. The van der Waals surface area contributed by atoms with Crippen molar-refractivity contribution in [2.24, 2.45) is 0 Å². The number of fused-ring (bicyclic) bond motifs is 1. The van der Waals surface area contributed by atoms with Gasteiger partial charge in [0.25, 0.3) is 5.56 Å². The van der Waals surface area contributed by atoms with Gasteiger partial charge in [0, 0.05) is 12.0 Å². The lowest BCUT2D eigenvalue weighted by atomic mass is 10.2. The predicted octanol–water partition coefficient (Wildman–Crippen LogP) is 2.51. The van der Waals surface area contributed by atoms with Crippen molar-refractivity contribution in [3.8, 4) is 10.6 Å². The lowest BCUT2D eigenvalue weighted by Crippen LogP contribution is -2.30. The summed E-state index contributed by atoms with van der Waals surface area (Å²) in [7, 11) is 0. The minimum absolute atomic E-state index is 0.260. The summed E-state index contributed by atoms with van der Waals surface area (Å²) in [4.78, 5) is 28.4. The Bertz CT molecular complexity index is 1050. The van der Waals surface area contributed by atoms with Gasteiger partial charge >= 0.3 is 5.97 Å². The third-order valence-electron chi connectivity index (χ3n) is 4.51. The summed E-state index contributed by atoms with van der Waals surface area (Å²) in [6, 6.07) is 8.62. The highest BCUT2D eigenvalue weighted by Gasteiger charge is 2.31. The number of anilines is 1. The molecule has 3 aromatic rings. The third kappa shape index (κ3) is 3.21. The second-order valence-corrected chi connectivity index (χ2v) is 7.34. The number of aliphatic carboxylic acids is 1. The van der Waals surface area contributed by atoms with Crippen LogP contribution in [0.25, 0.3) is 10.6 Å². The summed E-state index contributed by atoms with van der Waals surface area (Å²) in [5.41, 5.74) is 0.873. The van der Waals surface area contributed by atoms with Crippen LogP contribution in [0.3, 0.4) is 0 Å². The number of carboxylic acids is 1. The van der Waals surface area contributed by atoms with Crippen molar-refractivity contribution >= 4 is 23.0 Å². The second-order valence-electron chi connectivity index (χ2n) is 6.33. The van der Waals surface area contributed by atoms with Gasteiger partial charge in [-0.15, -0.1) is 10.2 Å². The molecule has 0 spiro atoms. The summed E-state index contributed by atoms with van der Waals surface area (Å²) >= 11 is 1.44. The molecule has 2 N–H and O–H groups in total. The molecule has 1 aromatic carbocycles. The van der Waals surface area contributed by atoms with E-state index in [-0.39, 0.29) is 17.3 Å². The predicted molar refractivity (Wildman–Crippen MR) is 101 cm³/mol. The van der Waals surface area contributed by atoms with E-state index in [1.54, 1.807) is 0 Å². The van der Waals surface area contributed by atoms with E-state index < -0.39 is 12.0 Å². The van der Waals surface area contributed by atoms with Gasteiger partial charge in [0.15, 0.2) is 0 Å². The molecular weight excluding hydrogens is 366 g/mol. The minimum atomic E-state index is -1.01. The fourth-order valence-electron chi connectivity index (χ4n) is 3.14. The first-order valence-electron chi connectivity index (χ1n) is 8.53. The fraction of sp³-hybridized carbons (Fsp3) is 0.278. The van der Waals surface area contributed by atoms with Gasteiger partial charge < -0.3 is 10.4 Å². The number of aryl methyl sites for hydroxylation is 1. The van der Waals surface area contributed by atoms with E-state index in [0.29, 0.717) is 18.7 Å². The minimum Gasteiger partial charge on any atom is -0.480 e. The topological polar surface area (TPSA) is 110 Å². The normalized spacial score (nSPS) is 16.7. The zero-order valence-electron chi connectivity index (χ0n) is 14.5. The van der Waals surface area contributed by atoms with Gasteiger partial charge in [-0.05, 0) is 13.3 Å². The average Bonchev–Trinajstić information content (AvgIpc) is 3.32. The molecule has 0 fully saturated rings. The Morgan fingerprint density at radius 2 is 2.11 bits per heavy atom. The lowest BCUT2D eigenvalue weighted by molar-refractivity contribution is -0.140. The molecular formula is C18H17N5O3S. The Balaban J connectivity index is 1.59. The fourth-order valence-corrected chi connectivity index (χ4v) is 3.99. The van der Waals surface area contributed by atoms with Crippen LogP contribution < -0.4 is 10.9 Å². The molecule has 4 rings (SSSR count). The number of nitrogens with one attached hydrogen (secondary N) is 1. The van der Waals surface area contributed by atoms with Gasteiger partial charge in [0.2, 0.25) is 0 Å². The van der Waals surface area contributed by atoms with Gasteiger partial charge in [0.1, 0.15) is 27.6 Å². The number of carboxylic acid groups (broad SMARTS) is 1. The van der Waals surface area contributed by atoms with E-state index in [9.17, 15) is 14.7 Å². The van der Waals surface area contributed by atoms with E-state index in [2.05, 4.69) is 20.5 Å². The van der Waals surface area contributed by atoms with Crippen molar-refractivity contribution < 1.29 is 9.90 Å². The van der Waals surface area contributed by atoms with E-state index in [0.717, 1.165) is 15.6 Å². The van der Waals surface area contributed by atoms with E-state index >= 15 is 0 Å². The molecule has 1 aliphatic rings. The SMILES string of the molecule is C[C@H](Nc1cnc2n(c1=O)[C@H](C(=O)O)CC2)c1nnc(-c2ccccc2)s1. The number of benzene rings is 1. The molecule has 0 amide bonds. The molecule has 2 atom stereocenters. The number of nitrogens with zero attached hydrogens (tertiary/aromatic N) is 4. The summed E-state index contributed by atoms with van der Waals surface area (Å²) < 4.78 is 1.27. The number of aromatic nitrogens is 4. The van der Waals surface area contributed by atoms with Crippen molar-refractivity contribution in [3.05, 3.63) is 57.7 Å². The Hall–Kier alpha value is -3.07. The van der Waals surface area contributed by atoms with Crippen LogP contribution in [0.15, 0.2) is 41.3 Å². The highest BCUT2D eigenvalue weighted by Crippen LogP contribution is 2.28. The number of hydrogen-bond acceptors (Lipinski definition) is 7. The van der Waals surface area contributed by atoms with Gasteiger partial charge in [0.05, 0.1) is 12.2 Å². The molecule has 138 valence electrons. The third-order valence-corrected chi connectivity index (χ3v) is 5.67. The van der Waals surface area contributed by atoms with Crippen molar-refractivity contribution in [3.63, 3.8) is 0 Å². The number of carbonyl (C=O) groups is 1. The Morgan fingerprint density at radius 1 is 1.33 bits per heavy atom. The van der Waals surface area contributed by atoms with Gasteiger partial charge in [-0.3, -0.25) is 9.36 Å². The van der Waals surface area contributed by atoms with Crippen LogP contribution in [-0.4, -0.2) is 30.8 Å².